The zero-order valence-electron chi connectivity index (χ0n) is 9.83. The van der Waals surface area contributed by atoms with Crippen LogP contribution in [0.25, 0.3) is 0 Å². The van der Waals surface area contributed by atoms with Gasteiger partial charge in [-0.3, -0.25) is 0 Å². The summed E-state index contributed by atoms with van der Waals surface area (Å²) in [5, 5.41) is 0. The van der Waals surface area contributed by atoms with Gasteiger partial charge in [0.25, 0.3) is 0 Å². The highest BCUT2D eigenvalue weighted by Crippen LogP contribution is 2.38. The summed E-state index contributed by atoms with van der Waals surface area (Å²) in [7, 11) is 1.73. The Labute approximate surface area is 91.3 Å². The van der Waals surface area contributed by atoms with E-state index >= 15 is 0 Å². The third-order valence-electron chi connectivity index (χ3n) is 2.87. The van der Waals surface area contributed by atoms with Crippen molar-refractivity contribution >= 4 is 0 Å². The quantitative estimate of drug-likeness (QED) is 0.656. The molecule has 0 saturated heterocycles. The zero-order valence-corrected chi connectivity index (χ0v) is 9.83. The molecule has 0 aromatic heterocycles. The first-order valence-corrected chi connectivity index (χ1v) is 5.34. The Balaban J connectivity index is 2.42. The molecular formula is C13H18O2. The molecule has 0 amide bonds. The van der Waals surface area contributed by atoms with Crippen molar-refractivity contribution in [2.45, 2.75) is 38.9 Å². The number of methoxy groups -OCH3 is 1. The fourth-order valence-electron chi connectivity index (χ4n) is 2.38. The van der Waals surface area contributed by atoms with E-state index in [9.17, 15) is 0 Å². The lowest BCUT2D eigenvalue weighted by Crippen LogP contribution is -2.33. The highest BCUT2D eigenvalue weighted by molar-refractivity contribution is 5.45. The Kier molecular flexibility index (Phi) is 2.47. The zero-order chi connectivity index (χ0) is 11.1. The van der Waals surface area contributed by atoms with Gasteiger partial charge in [0.2, 0.25) is 0 Å². The molecule has 2 heteroatoms. The average molecular weight is 206 g/mol. The van der Waals surface area contributed by atoms with Crippen molar-refractivity contribution in [3.63, 3.8) is 0 Å². The van der Waals surface area contributed by atoms with Gasteiger partial charge in [-0.15, -0.1) is 0 Å². The van der Waals surface area contributed by atoms with Crippen LogP contribution in [-0.4, -0.2) is 18.8 Å². The van der Waals surface area contributed by atoms with Gasteiger partial charge in [0.05, 0.1) is 0 Å². The van der Waals surface area contributed by atoms with Crippen molar-refractivity contribution in [3.05, 3.63) is 35.1 Å². The van der Waals surface area contributed by atoms with E-state index in [1.807, 2.05) is 12.2 Å². The molecule has 0 fully saturated rings. The molecule has 1 atom stereocenters. The fraction of sp³-hybridized carbons (Fsp3) is 0.538. The van der Waals surface area contributed by atoms with Gasteiger partial charge in [-0.1, -0.05) is 17.7 Å². The lowest BCUT2D eigenvalue weighted by molar-refractivity contribution is 0.0213. The normalized spacial score (nSPS) is 28.3. The molecule has 2 rings (SSSR count). The van der Waals surface area contributed by atoms with E-state index in [4.69, 9.17) is 9.47 Å². The Morgan fingerprint density at radius 3 is 2.87 bits per heavy atom. The summed E-state index contributed by atoms with van der Waals surface area (Å²) in [5.74, 6) is 0.970. The van der Waals surface area contributed by atoms with E-state index in [-0.39, 0.29) is 11.7 Å². The van der Waals surface area contributed by atoms with Crippen LogP contribution in [-0.2, 0) is 9.47 Å². The number of hydrogen-bond donors (Lipinski definition) is 0. The van der Waals surface area contributed by atoms with Crippen LogP contribution in [0.1, 0.15) is 27.2 Å². The van der Waals surface area contributed by atoms with Gasteiger partial charge in [-0.2, -0.15) is 0 Å². The van der Waals surface area contributed by atoms with Gasteiger partial charge in [0.15, 0.2) is 0 Å². The second-order valence-corrected chi connectivity index (χ2v) is 4.80. The molecule has 0 radical (unpaired) electrons. The highest BCUT2D eigenvalue weighted by atomic mass is 16.5. The third kappa shape index (κ3) is 1.86. The van der Waals surface area contributed by atoms with E-state index in [0.717, 1.165) is 12.2 Å². The Hall–Kier alpha value is -1.02. The maximum absolute atomic E-state index is 5.95. The largest absolute Gasteiger partial charge is 0.487 e. The molecule has 0 N–H and O–H groups in total. The monoisotopic (exact) mass is 206 g/mol. The van der Waals surface area contributed by atoms with Crippen LogP contribution in [0.15, 0.2) is 35.1 Å². The molecule has 2 aliphatic rings. The molecule has 0 saturated carbocycles. The molecule has 0 bridgehead atoms. The minimum absolute atomic E-state index is 0.0566. The maximum atomic E-state index is 5.95. The van der Waals surface area contributed by atoms with E-state index in [0.29, 0.717) is 0 Å². The number of allylic oxidation sites excluding steroid dienone is 2. The number of hydrogen-bond acceptors (Lipinski definition) is 2. The van der Waals surface area contributed by atoms with Crippen molar-refractivity contribution < 1.29 is 9.47 Å². The topological polar surface area (TPSA) is 18.5 Å². The van der Waals surface area contributed by atoms with E-state index < -0.39 is 0 Å². The molecule has 2 nitrogen and oxygen atoms in total. The average Bonchev–Trinajstić information content (AvgIpc) is 2.14. The summed E-state index contributed by atoms with van der Waals surface area (Å²) in [6, 6.07) is 0. The molecule has 0 spiro atoms. The number of fused-ring (bicyclic) bond motifs is 1. The van der Waals surface area contributed by atoms with Crippen LogP contribution in [0.2, 0.25) is 0 Å². The molecule has 1 aliphatic heterocycles. The lowest BCUT2D eigenvalue weighted by atomic mass is 9.87. The van der Waals surface area contributed by atoms with Gasteiger partial charge in [-0.25, -0.2) is 0 Å². The molecule has 15 heavy (non-hydrogen) atoms. The molecule has 1 unspecified atom stereocenters. The molecule has 0 aromatic rings. The molecule has 0 aromatic carbocycles. The predicted octanol–water partition coefficient (Wildman–Crippen LogP) is 2.97. The summed E-state index contributed by atoms with van der Waals surface area (Å²) in [6.07, 6.45) is 7.11. The third-order valence-corrected chi connectivity index (χ3v) is 2.87. The van der Waals surface area contributed by atoms with Crippen LogP contribution < -0.4 is 0 Å². The maximum Gasteiger partial charge on any atom is 0.126 e. The van der Waals surface area contributed by atoms with E-state index in [1.54, 1.807) is 7.11 Å². The van der Waals surface area contributed by atoms with E-state index in [1.165, 1.54) is 11.1 Å². The Morgan fingerprint density at radius 2 is 2.20 bits per heavy atom. The van der Waals surface area contributed by atoms with Crippen molar-refractivity contribution in [3.8, 4) is 0 Å². The van der Waals surface area contributed by atoms with Gasteiger partial charge in [0.1, 0.15) is 17.5 Å². The summed E-state index contributed by atoms with van der Waals surface area (Å²) in [5.41, 5.74) is 2.48. The highest BCUT2D eigenvalue weighted by Gasteiger charge is 2.33. The first-order valence-electron chi connectivity index (χ1n) is 5.34. The summed E-state index contributed by atoms with van der Waals surface area (Å²) in [6.45, 7) is 6.40. The van der Waals surface area contributed by atoms with Crippen molar-refractivity contribution in [2.24, 2.45) is 0 Å². The summed E-state index contributed by atoms with van der Waals surface area (Å²) < 4.78 is 11.4. The number of ether oxygens (including phenoxy) is 2. The molecule has 82 valence electrons. The van der Waals surface area contributed by atoms with Gasteiger partial charge < -0.3 is 9.47 Å². The van der Waals surface area contributed by atoms with Crippen molar-refractivity contribution in [1.82, 2.24) is 0 Å². The second kappa shape index (κ2) is 3.53. The van der Waals surface area contributed by atoms with Crippen molar-refractivity contribution in [2.75, 3.05) is 7.11 Å². The summed E-state index contributed by atoms with van der Waals surface area (Å²) in [4.78, 5) is 0. The van der Waals surface area contributed by atoms with Crippen LogP contribution in [0, 0.1) is 0 Å². The smallest absolute Gasteiger partial charge is 0.126 e. The van der Waals surface area contributed by atoms with Crippen LogP contribution >= 0.6 is 0 Å². The fourth-order valence-corrected chi connectivity index (χ4v) is 2.38. The van der Waals surface area contributed by atoms with Crippen molar-refractivity contribution in [1.29, 1.82) is 0 Å². The minimum atomic E-state index is -0.0944. The molecule has 1 aliphatic carbocycles. The lowest BCUT2D eigenvalue weighted by Gasteiger charge is -2.37. The number of rotatable bonds is 1. The van der Waals surface area contributed by atoms with Crippen LogP contribution in [0.3, 0.4) is 0 Å². The Morgan fingerprint density at radius 1 is 1.47 bits per heavy atom. The van der Waals surface area contributed by atoms with Crippen LogP contribution in [0.5, 0.6) is 0 Å². The second-order valence-electron chi connectivity index (χ2n) is 4.80. The minimum Gasteiger partial charge on any atom is -0.487 e. The first-order chi connectivity index (χ1) is 7.03. The molecular weight excluding hydrogens is 188 g/mol. The van der Waals surface area contributed by atoms with Gasteiger partial charge >= 0.3 is 0 Å². The predicted molar refractivity (Wildman–Crippen MR) is 60.5 cm³/mol. The van der Waals surface area contributed by atoms with Gasteiger partial charge in [-0.05, 0) is 26.8 Å². The van der Waals surface area contributed by atoms with E-state index in [2.05, 4.69) is 26.8 Å². The van der Waals surface area contributed by atoms with Crippen LogP contribution in [0.4, 0.5) is 0 Å². The standard InChI is InChI=1S/C13H18O2/c1-9-8-13(2,3)15-11-7-5-6-10(14-4)12(9)11/h5-7,10H,8H2,1-4H3. The Bertz CT molecular complexity index is 359. The SMILES string of the molecule is COC1C=CC=C2OC(C)(C)CC(C)=C21. The summed E-state index contributed by atoms with van der Waals surface area (Å²) >= 11 is 0. The van der Waals surface area contributed by atoms with Gasteiger partial charge in [0, 0.05) is 19.1 Å². The molecule has 1 heterocycles. The first kappa shape index (κ1) is 10.5.